The topological polar surface area (TPSA) is 93.7 Å². The van der Waals surface area contributed by atoms with Crippen LogP contribution in [0.25, 0.3) is 0 Å². The molecule has 1 fully saturated rings. The number of hydrogen-bond donors (Lipinski definition) is 2. The highest BCUT2D eigenvalue weighted by atomic mass is 32.2. The van der Waals surface area contributed by atoms with Crippen LogP contribution in [0, 0.1) is 0 Å². The van der Waals surface area contributed by atoms with Gasteiger partial charge in [-0.1, -0.05) is 0 Å². The normalized spacial score (nSPS) is 24.5. The van der Waals surface area contributed by atoms with Gasteiger partial charge in [0.15, 0.2) is 6.10 Å². The van der Waals surface area contributed by atoms with E-state index in [0.29, 0.717) is 18.0 Å². The van der Waals surface area contributed by atoms with Crippen LogP contribution in [-0.4, -0.2) is 39.7 Å². The summed E-state index contributed by atoms with van der Waals surface area (Å²) in [5, 5.41) is 2.64. The molecular formula is C14H18N2O5S. The van der Waals surface area contributed by atoms with Gasteiger partial charge in [0, 0.05) is 13.2 Å². The predicted octanol–water partition coefficient (Wildman–Crippen LogP) is 0.863. The number of amides is 1. The molecule has 0 radical (unpaired) electrons. The molecule has 0 aliphatic carbocycles. The van der Waals surface area contributed by atoms with Crippen molar-refractivity contribution >= 4 is 21.6 Å². The summed E-state index contributed by atoms with van der Waals surface area (Å²) in [6, 6.07) is 4.41. The van der Waals surface area contributed by atoms with Crippen LogP contribution in [0.3, 0.4) is 0 Å². The van der Waals surface area contributed by atoms with Gasteiger partial charge < -0.3 is 14.8 Å². The van der Waals surface area contributed by atoms with Crippen molar-refractivity contribution in [2.24, 2.45) is 0 Å². The van der Waals surface area contributed by atoms with E-state index in [-0.39, 0.29) is 23.5 Å². The average molecular weight is 326 g/mol. The molecule has 22 heavy (non-hydrogen) atoms. The Kier molecular flexibility index (Phi) is 4.07. The fraction of sp³-hybridized carbons (Fsp3) is 0.500. The van der Waals surface area contributed by atoms with Crippen LogP contribution < -0.4 is 14.8 Å². The Morgan fingerprint density at radius 3 is 2.95 bits per heavy atom. The van der Waals surface area contributed by atoms with E-state index in [2.05, 4.69) is 10.0 Å². The molecule has 1 aromatic rings. The molecule has 0 spiro atoms. The van der Waals surface area contributed by atoms with Gasteiger partial charge in [0.05, 0.1) is 16.7 Å². The monoisotopic (exact) mass is 326 g/mol. The molecule has 1 aromatic carbocycles. The van der Waals surface area contributed by atoms with Crippen molar-refractivity contribution in [1.29, 1.82) is 0 Å². The molecule has 0 aromatic heterocycles. The highest BCUT2D eigenvalue weighted by Gasteiger charge is 2.26. The van der Waals surface area contributed by atoms with E-state index in [1.165, 1.54) is 12.1 Å². The number of sulfonamides is 1. The molecule has 0 saturated carbocycles. The second-order valence-corrected chi connectivity index (χ2v) is 7.16. The highest BCUT2D eigenvalue weighted by Crippen LogP contribution is 2.31. The first-order chi connectivity index (χ1) is 10.5. The number of carbonyl (C=O) groups is 1. The van der Waals surface area contributed by atoms with E-state index in [4.69, 9.17) is 9.47 Å². The summed E-state index contributed by atoms with van der Waals surface area (Å²) in [7, 11) is -3.65. The molecule has 2 unspecified atom stereocenters. The second kappa shape index (κ2) is 5.86. The molecule has 2 N–H and O–H groups in total. The third kappa shape index (κ3) is 3.08. The quantitative estimate of drug-likeness (QED) is 0.856. The lowest BCUT2D eigenvalue weighted by molar-refractivity contribution is -0.122. The summed E-state index contributed by atoms with van der Waals surface area (Å²) >= 11 is 0. The molecule has 0 bridgehead atoms. The fourth-order valence-corrected chi connectivity index (χ4v) is 3.54. The van der Waals surface area contributed by atoms with Crippen molar-refractivity contribution in [2.75, 3.05) is 18.5 Å². The first-order valence-corrected chi connectivity index (χ1v) is 8.67. The smallest absolute Gasteiger partial charge is 0.265 e. The SMILES string of the molecule is CC1Oc2ccc(S(=O)(=O)NCC3CCCO3)cc2NC1=O. The van der Waals surface area contributed by atoms with Gasteiger partial charge in [0.25, 0.3) is 5.91 Å². The molecule has 120 valence electrons. The maximum Gasteiger partial charge on any atom is 0.265 e. The molecule has 1 amide bonds. The fourth-order valence-electron chi connectivity index (χ4n) is 2.45. The average Bonchev–Trinajstić information content (AvgIpc) is 2.99. The van der Waals surface area contributed by atoms with Crippen LogP contribution in [0.5, 0.6) is 5.75 Å². The minimum Gasteiger partial charge on any atom is -0.479 e. The Hall–Kier alpha value is -1.64. The first-order valence-electron chi connectivity index (χ1n) is 7.18. The summed E-state index contributed by atoms with van der Waals surface area (Å²) in [6.07, 6.45) is 1.14. The number of nitrogens with one attached hydrogen (secondary N) is 2. The summed E-state index contributed by atoms with van der Waals surface area (Å²) in [4.78, 5) is 11.7. The van der Waals surface area contributed by atoms with Crippen molar-refractivity contribution in [2.45, 2.75) is 36.9 Å². The molecule has 2 aliphatic rings. The molecule has 3 rings (SSSR count). The third-order valence-corrected chi connectivity index (χ3v) is 5.14. The standard InChI is InChI=1S/C14H18N2O5S/c1-9-14(17)16-12-7-11(4-5-13(12)21-9)22(18,19)15-8-10-3-2-6-20-10/h4-5,7,9-10,15H,2-3,6,8H2,1H3,(H,16,17). The molecule has 1 saturated heterocycles. The zero-order valence-electron chi connectivity index (χ0n) is 12.2. The van der Waals surface area contributed by atoms with Gasteiger partial charge in [-0.25, -0.2) is 13.1 Å². The number of benzene rings is 1. The van der Waals surface area contributed by atoms with E-state index >= 15 is 0 Å². The molecule has 8 heteroatoms. The van der Waals surface area contributed by atoms with Gasteiger partial charge in [-0.05, 0) is 38.0 Å². The predicted molar refractivity (Wildman–Crippen MR) is 79.3 cm³/mol. The van der Waals surface area contributed by atoms with Crippen molar-refractivity contribution in [3.63, 3.8) is 0 Å². The van der Waals surface area contributed by atoms with Gasteiger partial charge in [-0.2, -0.15) is 0 Å². The summed E-state index contributed by atoms with van der Waals surface area (Å²) in [5.41, 5.74) is 0.364. The van der Waals surface area contributed by atoms with Gasteiger partial charge in [0.2, 0.25) is 10.0 Å². The number of fused-ring (bicyclic) bond motifs is 1. The third-order valence-electron chi connectivity index (χ3n) is 3.72. The molecule has 7 nitrogen and oxygen atoms in total. The largest absolute Gasteiger partial charge is 0.479 e. The van der Waals surface area contributed by atoms with Crippen molar-refractivity contribution in [3.05, 3.63) is 18.2 Å². The second-order valence-electron chi connectivity index (χ2n) is 5.39. The zero-order valence-corrected chi connectivity index (χ0v) is 13.0. The number of anilines is 1. The zero-order chi connectivity index (χ0) is 15.7. The maximum atomic E-state index is 12.3. The summed E-state index contributed by atoms with van der Waals surface area (Å²) in [6.45, 7) is 2.55. The van der Waals surface area contributed by atoms with E-state index in [1.54, 1.807) is 13.0 Å². The Labute approximate surface area is 129 Å². The van der Waals surface area contributed by atoms with Gasteiger partial charge in [-0.3, -0.25) is 4.79 Å². The lowest BCUT2D eigenvalue weighted by Gasteiger charge is -2.23. The molecule has 2 atom stereocenters. The van der Waals surface area contributed by atoms with E-state index in [9.17, 15) is 13.2 Å². The number of carbonyl (C=O) groups excluding carboxylic acids is 1. The lowest BCUT2D eigenvalue weighted by Crippen LogP contribution is -2.35. The Morgan fingerprint density at radius 1 is 1.41 bits per heavy atom. The van der Waals surface area contributed by atoms with Crippen LogP contribution in [0.4, 0.5) is 5.69 Å². The van der Waals surface area contributed by atoms with E-state index in [1.807, 2.05) is 0 Å². The van der Waals surface area contributed by atoms with Crippen LogP contribution in [0.1, 0.15) is 19.8 Å². The Morgan fingerprint density at radius 2 is 2.23 bits per heavy atom. The number of ether oxygens (including phenoxy) is 2. The molecule has 2 heterocycles. The molecular weight excluding hydrogens is 308 g/mol. The van der Waals surface area contributed by atoms with Gasteiger partial charge in [-0.15, -0.1) is 0 Å². The minimum atomic E-state index is -3.65. The maximum absolute atomic E-state index is 12.3. The highest BCUT2D eigenvalue weighted by molar-refractivity contribution is 7.89. The van der Waals surface area contributed by atoms with Crippen LogP contribution >= 0.6 is 0 Å². The Bertz CT molecular complexity index is 682. The van der Waals surface area contributed by atoms with Crippen LogP contribution in [0.15, 0.2) is 23.1 Å². The number of rotatable bonds is 4. The van der Waals surface area contributed by atoms with Crippen LogP contribution in [0.2, 0.25) is 0 Å². The van der Waals surface area contributed by atoms with Crippen molar-refractivity contribution in [3.8, 4) is 5.75 Å². The van der Waals surface area contributed by atoms with Gasteiger partial charge in [0.1, 0.15) is 5.75 Å². The van der Waals surface area contributed by atoms with E-state index in [0.717, 1.165) is 12.8 Å². The minimum absolute atomic E-state index is 0.0729. The Balaban J connectivity index is 1.76. The first kappa shape index (κ1) is 15.3. The van der Waals surface area contributed by atoms with Gasteiger partial charge >= 0.3 is 0 Å². The number of hydrogen-bond acceptors (Lipinski definition) is 5. The van der Waals surface area contributed by atoms with Crippen molar-refractivity contribution in [1.82, 2.24) is 4.72 Å². The van der Waals surface area contributed by atoms with Crippen LogP contribution in [-0.2, 0) is 19.6 Å². The summed E-state index contributed by atoms with van der Waals surface area (Å²) < 4.78 is 37.9. The summed E-state index contributed by atoms with van der Waals surface area (Å²) in [5.74, 6) is 0.166. The van der Waals surface area contributed by atoms with Crippen molar-refractivity contribution < 1.29 is 22.7 Å². The molecule has 2 aliphatic heterocycles. The lowest BCUT2D eigenvalue weighted by atomic mass is 10.2. The van der Waals surface area contributed by atoms with E-state index < -0.39 is 16.1 Å².